The second-order valence-corrected chi connectivity index (χ2v) is 5.52. The van der Waals surface area contributed by atoms with Gasteiger partial charge in [-0.15, -0.1) is 0 Å². The van der Waals surface area contributed by atoms with E-state index in [0.717, 1.165) is 40.4 Å². The fraction of sp³-hybridized carbons (Fsp3) is 0.235. The number of hydrogen-bond donors (Lipinski definition) is 0. The van der Waals surface area contributed by atoms with Gasteiger partial charge in [0.2, 0.25) is 0 Å². The van der Waals surface area contributed by atoms with Crippen molar-refractivity contribution in [1.82, 2.24) is 9.55 Å². The Bertz CT molecular complexity index is 742. The predicted molar refractivity (Wildman–Crippen MR) is 85.2 cm³/mol. The summed E-state index contributed by atoms with van der Waals surface area (Å²) in [5, 5.41) is 0.731. The highest BCUT2D eigenvalue weighted by Crippen LogP contribution is 2.27. The Morgan fingerprint density at radius 2 is 1.85 bits per heavy atom. The molecule has 0 radical (unpaired) electrons. The van der Waals surface area contributed by atoms with Gasteiger partial charge in [0.25, 0.3) is 0 Å². The van der Waals surface area contributed by atoms with Crippen molar-refractivity contribution in [2.24, 2.45) is 0 Å². The van der Waals surface area contributed by atoms with Crippen LogP contribution in [0.15, 0.2) is 42.5 Å². The average molecular weight is 285 g/mol. The van der Waals surface area contributed by atoms with E-state index in [2.05, 4.69) is 48.7 Å². The molecule has 3 heteroatoms. The molecule has 1 heterocycles. The van der Waals surface area contributed by atoms with E-state index in [0.29, 0.717) is 0 Å². The Hall–Kier alpha value is -1.80. The van der Waals surface area contributed by atoms with Gasteiger partial charge >= 0.3 is 0 Å². The van der Waals surface area contributed by atoms with Crippen LogP contribution in [0.5, 0.6) is 0 Å². The number of fused-ring (bicyclic) bond motifs is 1. The van der Waals surface area contributed by atoms with E-state index < -0.39 is 0 Å². The number of hydrogen-bond acceptors (Lipinski definition) is 1. The minimum absolute atomic E-state index is 0.731. The average Bonchev–Trinajstić information content (AvgIpc) is 2.78. The highest BCUT2D eigenvalue weighted by molar-refractivity contribution is 6.31. The van der Waals surface area contributed by atoms with Crippen LogP contribution in [0.2, 0.25) is 5.02 Å². The largest absolute Gasteiger partial charge is 0.324 e. The van der Waals surface area contributed by atoms with Crippen molar-refractivity contribution >= 4 is 22.6 Å². The van der Waals surface area contributed by atoms with Gasteiger partial charge in [-0.25, -0.2) is 4.98 Å². The molecule has 0 spiro atoms. The standard InChI is InChI=1S/C17H17ClN2/c1-3-10-20-16-9-8-14(18)11-15(16)19-17(20)13-6-4-12(2)5-7-13/h4-9,11H,3,10H2,1-2H3. The zero-order valence-corrected chi connectivity index (χ0v) is 12.5. The summed E-state index contributed by atoms with van der Waals surface area (Å²) in [6.07, 6.45) is 1.08. The van der Waals surface area contributed by atoms with Crippen molar-refractivity contribution in [3.8, 4) is 11.4 Å². The van der Waals surface area contributed by atoms with Gasteiger partial charge in [0.1, 0.15) is 5.82 Å². The zero-order chi connectivity index (χ0) is 14.1. The summed E-state index contributed by atoms with van der Waals surface area (Å²) < 4.78 is 2.27. The molecule has 0 amide bonds. The molecule has 2 aromatic carbocycles. The van der Waals surface area contributed by atoms with E-state index in [-0.39, 0.29) is 0 Å². The molecule has 20 heavy (non-hydrogen) atoms. The van der Waals surface area contributed by atoms with Crippen molar-refractivity contribution < 1.29 is 0 Å². The lowest BCUT2D eigenvalue weighted by Gasteiger charge is -2.08. The molecule has 3 rings (SSSR count). The fourth-order valence-corrected chi connectivity index (χ4v) is 2.64. The Morgan fingerprint density at radius 1 is 1.10 bits per heavy atom. The first-order chi connectivity index (χ1) is 9.69. The zero-order valence-electron chi connectivity index (χ0n) is 11.7. The molecule has 102 valence electrons. The molecule has 0 aliphatic rings. The van der Waals surface area contributed by atoms with Crippen molar-refractivity contribution in [1.29, 1.82) is 0 Å². The number of nitrogens with zero attached hydrogens (tertiary/aromatic N) is 2. The maximum atomic E-state index is 6.07. The summed E-state index contributed by atoms with van der Waals surface area (Å²) in [4.78, 5) is 4.77. The smallest absolute Gasteiger partial charge is 0.141 e. The van der Waals surface area contributed by atoms with Crippen LogP contribution in [0.25, 0.3) is 22.4 Å². The van der Waals surface area contributed by atoms with Crippen molar-refractivity contribution in [2.75, 3.05) is 0 Å². The van der Waals surface area contributed by atoms with Gasteiger partial charge in [-0.3, -0.25) is 0 Å². The monoisotopic (exact) mass is 284 g/mol. The fourth-order valence-electron chi connectivity index (χ4n) is 2.48. The maximum absolute atomic E-state index is 6.07. The van der Waals surface area contributed by atoms with E-state index in [1.807, 2.05) is 12.1 Å². The van der Waals surface area contributed by atoms with Crippen LogP contribution in [-0.4, -0.2) is 9.55 Å². The van der Waals surface area contributed by atoms with Gasteiger partial charge < -0.3 is 4.57 Å². The van der Waals surface area contributed by atoms with Crippen LogP contribution >= 0.6 is 11.6 Å². The van der Waals surface area contributed by atoms with Gasteiger partial charge in [0.15, 0.2) is 0 Å². The molecule has 0 unspecified atom stereocenters. The minimum Gasteiger partial charge on any atom is -0.324 e. The number of rotatable bonds is 3. The molecule has 2 nitrogen and oxygen atoms in total. The van der Waals surface area contributed by atoms with Crippen molar-refractivity contribution in [3.05, 3.63) is 53.1 Å². The normalized spacial score (nSPS) is 11.2. The summed E-state index contributed by atoms with van der Waals surface area (Å²) >= 11 is 6.07. The number of imidazole rings is 1. The third-order valence-corrected chi connectivity index (χ3v) is 3.70. The molecule has 0 aliphatic heterocycles. The highest BCUT2D eigenvalue weighted by Gasteiger charge is 2.12. The summed E-state index contributed by atoms with van der Waals surface area (Å²) in [7, 11) is 0. The van der Waals surface area contributed by atoms with Gasteiger partial charge in [0.05, 0.1) is 11.0 Å². The molecule has 0 N–H and O–H groups in total. The molecular weight excluding hydrogens is 268 g/mol. The number of aromatic nitrogens is 2. The first-order valence-electron chi connectivity index (χ1n) is 6.92. The van der Waals surface area contributed by atoms with Gasteiger partial charge in [0, 0.05) is 17.1 Å². The Morgan fingerprint density at radius 3 is 2.55 bits per heavy atom. The Kier molecular flexibility index (Phi) is 3.49. The molecule has 1 aromatic heterocycles. The van der Waals surface area contributed by atoms with Crippen LogP contribution < -0.4 is 0 Å². The SMILES string of the molecule is CCCn1c(-c2ccc(C)cc2)nc2cc(Cl)ccc21. The van der Waals surface area contributed by atoms with E-state index in [9.17, 15) is 0 Å². The first-order valence-corrected chi connectivity index (χ1v) is 7.29. The van der Waals surface area contributed by atoms with Gasteiger partial charge in [-0.1, -0.05) is 48.4 Å². The lowest BCUT2D eigenvalue weighted by Crippen LogP contribution is -1.99. The summed E-state index contributed by atoms with van der Waals surface area (Å²) in [5.74, 6) is 1.02. The van der Waals surface area contributed by atoms with Crippen LogP contribution in [0.4, 0.5) is 0 Å². The topological polar surface area (TPSA) is 17.8 Å². The summed E-state index contributed by atoms with van der Waals surface area (Å²) in [5.41, 5.74) is 4.51. The third-order valence-electron chi connectivity index (χ3n) is 3.47. The van der Waals surface area contributed by atoms with E-state index in [4.69, 9.17) is 16.6 Å². The molecule has 0 saturated heterocycles. The van der Waals surface area contributed by atoms with Crippen LogP contribution in [0.3, 0.4) is 0 Å². The summed E-state index contributed by atoms with van der Waals surface area (Å²) in [6, 6.07) is 14.4. The second kappa shape index (κ2) is 5.29. The van der Waals surface area contributed by atoms with E-state index in [1.54, 1.807) is 0 Å². The first kappa shape index (κ1) is 13.2. The maximum Gasteiger partial charge on any atom is 0.141 e. The van der Waals surface area contributed by atoms with Crippen LogP contribution in [0, 0.1) is 6.92 Å². The Balaban J connectivity index is 2.22. The van der Waals surface area contributed by atoms with Gasteiger partial charge in [-0.05, 0) is 31.5 Å². The quantitative estimate of drug-likeness (QED) is 0.656. The molecule has 0 fully saturated rings. The number of halogens is 1. The molecule has 0 aliphatic carbocycles. The number of benzene rings is 2. The third kappa shape index (κ3) is 2.32. The number of aryl methyl sites for hydroxylation is 2. The molecule has 0 bridgehead atoms. The lowest BCUT2D eigenvalue weighted by molar-refractivity contribution is 0.704. The highest BCUT2D eigenvalue weighted by atomic mass is 35.5. The summed E-state index contributed by atoms with van der Waals surface area (Å²) in [6.45, 7) is 5.24. The van der Waals surface area contributed by atoms with E-state index >= 15 is 0 Å². The Labute approximate surface area is 124 Å². The second-order valence-electron chi connectivity index (χ2n) is 5.09. The van der Waals surface area contributed by atoms with Crippen molar-refractivity contribution in [2.45, 2.75) is 26.8 Å². The predicted octanol–water partition coefficient (Wildman–Crippen LogP) is 5.08. The molecule has 0 saturated carbocycles. The minimum atomic E-state index is 0.731. The van der Waals surface area contributed by atoms with Crippen LogP contribution in [-0.2, 0) is 6.54 Å². The van der Waals surface area contributed by atoms with Crippen molar-refractivity contribution in [3.63, 3.8) is 0 Å². The van der Waals surface area contributed by atoms with Gasteiger partial charge in [-0.2, -0.15) is 0 Å². The van der Waals surface area contributed by atoms with Crippen LogP contribution in [0.1, 0.15) is 18.9 Å². The lowest BCUT2D eigenvalue weighted by atomic mass is 10.1. The molecule has 0 atom stereocenters. The van der Waals surface area contributed by atoms with E-state index in [1.165, 1.54) is 5.56 Å². The molecule has 3 aromatic rings. The molecular formula is C17H17ClN2.